The van der Waals surface area contributed by atoms with Gasteiger partial charge < -0.3 is 14.7 Å². The molecule has 0 aromatic carbocycles. The number of anilines is 1. The summed E-state index contributed by atoms with van der Waals surface area (Å²) >= 11 is 0. The van der Waals surface area contributed by atoms with Crippen LogP contribution in [0.2, 0.25) is 0 Å². The molecule has 2 unspecified atom stereocenters. The molecule has 1 N–H and O–H groups in total. The Bertz CT molecular complexity index is 1200. The number of piperazine rings is 1. The standard InChI is InChI=1S/C24H36N6O8S/c1-23(2,30(34)35)7-11-39(36,37)27-9-10-29(21(31)15-27)19-13-26-20(14-25-19)38-16-17-4-8-28(22(32)33)18(12-17)24(3)5-6-24/h13-14,17-18H,4-12,15-16H2,1-3H3,(H,32,33). The summed E-state index contributed by atoms with van der Waals surface area (Å²) in [6, 6.07) is -0.0149. The molecule has 0 spiro atoms. The number of hydrogen-bond acceptors (Lipinski definition) is 9. The fourth-order valence-corrected chi connectivity index (χ4v) is 6.75. The lowest BCUT2D eigenvalue weighted by atomic mass is 9.83. The van der Waals surface area contributed by atoms with Gasteiger partial charge in [0.2, 0.25) is 27.3 Å². The molecule has 2 amide bonds. The van der Waals surface area contributed by atoms with Gasteiger partial charge in [0.25, 0.3) is 0 Å². The van der Waals surface area contributed by atoms with Crippen LogP contribution in [-0.4, -0.2) is 99.7 Å². The molecule has 1 aromatic rings. The van der Waals surface area contributed by atoms with E-state index in [9.17, 15) is 33.2 Å². The highest BCUT2D eigenvalue weighted by atomic mass is 32.2. The first-order valence-corrected chi connectivity index (χ1v) is 14.7. The highest BCUT2D eigenvalue weighted by molar-refractivity contribution is 7.89. The normalized spacial score (nSPS) is 23.9. The summed E-state index contributed by atoms with van der Waals surface area (Å²) in [5.74, 6) is -0.135. The van der Waals surface area contributed by atoms with Crippen molar-refractivity contribution in [3.05, 3.63) is 22.5 Å². The summed E-state index contributed by atoms with van der Waals surface area (Å²) in [7, 11) is -3.84. The molecule has 216 valence electrons. The number of amides is 2. The van der Waals surface area contributed by atoms with Crippen molar-refractivity contribution < 1.29 is 32.8 Å². The zero-order valence-electron chi connectivity index (χ0n) is 22.5. The molecule has 39 heavy (non-hydrogen) atoms. The topological polar surface area (TPSA) is 176 Å². The Morgan fingerprint density at radius 1 is 1.26 bits per heavy atom. The Balaban J connectivity index is 1.29. The molecule has 2 aliphatic heterocycles. The van der Waals surface area contributed by atoms with Gasteiger partial charge in [-0.15, -0.1) is 0 Å². The number of aromatic nitrogens is 2. The second kappa shape index (κ2) is 10.8. The van der Waals surface area contributed by atoms with Crippen LogP contribution in [0.1, 0.15) is 52.9 Å². The second-order valence-electron chi connectivity index (χ2n) is 11.6. The number of sulfonamides is 1. The Labute approximate surface area is 227 Å². The lowest BCUT2D eigenvalue weighted by Gasteiger charge is -2.41. The molecular formula is C24H36N6O8S. The van der Waals surface area contributed by atoms with E-state index in [4.69, 9.17) is 4.74 Å². The van der Waals surface area contributed by atoms with Gasteiger partial charge in [-0.25, -0.2) is 23.2 Å². The first-order valence-electron chi connectivity index (χ1n) is 13.1. The third-order valence-electron chi connectivity index (χ3n) is 8.20. The van der Waals surface area contributed by atoms with E-state index in [0.717, 1.165) is 23.6 Å². The van der Waals surface area contributed by atoms with Crippen molar-refractivity contribution in [1.82, 2.24) is 19.2 Å². The molecule has 0 bridgehead atoms. The van der Waals surface area contributed by atoms with E-state index in [1.165, 1.54) is 31.1 Å². The van der Waals surface area contributed by atoms with Crippen LogP contribution >= 0.6 is 0 Å². The van der Waals surface area contributed by atoms with E-state index >= 15 is 0 Å². The lowest BCUT2D eigenvalue weighted by Crippen LogP contribution is -2.53. The van der Waals surface area contributed by atoms with Gasteiger partial charge in [0.05, 0.1) is 31.3 Å². The van der Waals surface area contributed by atoms with Crippen molar-refractivity contribution >= 4 is 27.8 Å². The number of nitro groups is 1. The molecule has 14 nitrogen and oxygen atoms in total. The molecular weight excluding hydrogens is 532 g/mol. The highest BCUT2D eigenvalue weighted by Crippen LogP contribution is 2.53. The summed E-state index contributed by atoms with van der Waals surface area (Å²) in [4.78, 5) is 46.4. The van der Waals surface area contributed by atoms with Gasteiger partial charge in [-0.05, 0) is 37.0 Å². The van der Waals surface area contributed by atoms with Crippen LogP contribution in [0.15, 0.2) is 12.4 Å². The zero-order valence-corrected chi connectivity index (χ0v) is 23.3. The number of likely N-dealkylation sites (tertiary alicyclic amines) is 1. The number of ether oxygens (including phenoxy) is 1. The summed E-state index contributed by atoms with van der Waals surface area (Å²) in [6.45, 7) is 5.47. The number of carboxylic acid groups (broad SMARTS) is 1. The van der Waals surface area contributed by atoms with Crippen LogP contribution in [0, 0.1) is 21.4 Å². The fourth-order valence-electron chi connectivity index (χ4n) is 5.07. The van der Waals surface area contributed by atoms with Crippen LogP contribution in [-0.2, 0) is 14.8 Å². The van der Waals surface area contributed by atoms with E-state index in [2.05, 4.69) is 16.9 Å². The van der Waals surface area contributed by atoms with Crippen molar-refractivity contribution in [3.8, 4) is 5.88 Å². The molecule has 1 saturated carbocycles. The third-order valence-corrected chi connectivity index (χ3v) is 10.0. The van der Waals surface area contributed by atoms with Crippen molar-refractivity contribution in [1.29, 1.82) is 0 Å². The summed E-state index contributed by atoms with van der Waals surface area (Å²) in [5, 5.41) is 20.7. The Kier molecular flexibility index (Phi) is 8.03. The van der Waals surface area contributed by atoms with Crippen LogP contribution in [0.3, 0.4) is 0 Å². The number of carbonyl (C=O) groups excluding carboxylic acids is 1. The van der Waals surface area contributed by atoms with E-state index in [-0.39, 0.29) is 55.1 Å². The number of rotatable bonds is 10. The molecule has 2 atom stereocenters. The zero-order chi connectivity index (χ0) is 28.6. The monoisotopic (exact) mass is 568 g/mol. The molecule has 0 radical (unpaired) electrons. The molecule has 15 heteroatoms. The van der Waals surface area contributed by atoms with Gasteiger partial charge >= 0.3 is 6.09 Å². The van der Waals surface area contributed by atoms with E-state index in [1.807, 2.05) is 0 Å². The Morgan fingerprint density at radius 2 is 1.97 bits per heavy atom. The summed E-state index contributed by atoms with van der Waals surface area (Å²) < 4.78 is 32.3. The third kappa shape index (κ3) is 6.57. The molecule has 1 aromatic heterocycles. The predicted octanol–water partition coefficient (Wildman–Crippen LogP) is 1.84. The van der Waals surface area contributed by atoms with Gasteiger partial charge in [-0.2, -0.15) is 4.31 Å². The molecule has 3 aliphatic rings. The van der Waals surface area contributed by atoms with Crippen LogP contribution in [0.25, 0.3) is 0 Å². The Hall–Kier alpha value is -3.07. The maximum Gasteiger partial charge on any atom is 0.407 e. The molecule has 2 saturated heterocycles. The molecule has 3 heterocycles. The van der Waals surface area contributed by atoms with Gasteiger partial charge in [0.1, 0.15) is 0 Å². The van der Waals surface area contributed by atoms with E-state index in [1.54, 1.807) is 4.90 Å². The van der Waals surface area contributed by atoms with Gasteiger partial charge in [-0.3, -0.25) is 19.8 Å². The predicted molar refractivity (Wildman–Crippen MR) is 140 cm³/mol. The minimum absolute atomic E-state index is 0.0149. The first kappa shape index (κ1) is 28.9. The number of carbonyl (C=O) groups is 2. The van der Waals surface area contributed by atoms with E-state index < -0.39 is 38.2 Å². The SMILES string of the molecule is CC1(C2CC(COc3cnc(N4CCN(S(=O)(=O)CCC(C)(C)[N+](=O)[O-])CC4=O)cn3)CCN2C(=O)O)CC1. The van der Waals surface area contributed by atoms with Crippen LogP contribution in [0.4, 0.5) is 10.6 Å². The Morgan fingerprint density at radius 3 is 2.54 bits per heavy atom. The average Bonchev–Trinajstić information content (AvgIpc) is 3.64. The van der Waals surface area contributed by atoms with Crippen LogP contribution < -0.4 is 9.64 Å². The number of hydrogen-bond donors (Lipinski definition) is 1. The maximum absolute atomic E-state index is 12.7. The van der Waals surface area contributed by atoms with Crippen LogP contribution in [0.5, 0.6) is 5.88 Å². The first-order chi connectivity index (χ1) is 18.2. The summed E-state index contributed by atoms with van der Waals surface area (Å²) in [5.41, 5.74) is -1.34. The second-order valence-corrected chi connectivity index (χ2v) is 13.7. The average molecular weight is 569 g/mol. The minimum atomic E-state index is -3.84. The van der Waals surface area contributed by atoms with Crippen molar-refractivity contribution in [2.75, 3.05) is 43.4 Å². The van der Waals surface area contributed by atoms with Gasteiger partial charge in [0, 0.05) is 50.9 Å². The van der Waals surface area contributed by atoms with E-state index in [0.29, 0.717) is 19.6 Å². The smallest absolute Gasteiger partial charge is 0.407 e. The quantitative estimate of drug-likeness (QED) is 0.324. The van der Waals surface area contributed by atoms with Gasteiger partial charge in [-0.1, -0.05) is 6.92 Å². The number of nitrogens with zero attached hydrogens (tertiary/aromatic N) is 6. The van der Waals surface area contributed by atoms with Crippen molar-refractivity contribution in [2.24, 2.45) is 11.3 Å². The van der Waals surface area contributed by atoms with Crippen molar-refractivity contribution in [2.45, 2.75) is 64.5 Å². The molecule has 1 aliphatic carbocycles. The molecule has 3 fully saturated rings. The number of piperidine rings is 1. The molecule has 4 rings (SSSR count). The maximum atomic E-state index is 12.7. The minimum Gasteiger partial charge on any atom is -0.476 e. The highest BCUT2D eigenvalue weighted by Gasteiger charge is 2.50. The lowest BCUT2D eigenvalue weighted by molar-refractivity contribution is -0.560. The fraction of sp³-hybridized carbons (Fsp3) is 0.750. The van der Waals surface area contributed by atoms with Gasteiger partial charge in [0.15, 0.2) is 5.82 Å². The summed E-state index contributed by atoms with van der Waals surface area (Å²) in [6.07, 6.45) is 5.27. The van der Waals surface area contributed by atoms with Crippen molar-refractivity contribution in [3.63, 3.8) is 0 Å². The largest absolute Gasteiger partial charge is 0.476 e.